The molecule has 0 radical (unpaired) electrons. The van der Waals surface area contributed by atoms with Crippen molar-refractivity contribution in [3.8, 4) is 5.75 Å². The van der Waals surface area contributed by atoms with Crippen molar-refractivity contribution >= 4 is 23.2 Å². The highest BCUT2D eigenvalue weighted by molar-refractivity contribution is 6.31. The molecule has 1 aromatic carbocycles. The van der Waals surface area contributed by atoms with E-state index in [0.717, 1.165) is 5.56 Å². The highest BCUT2D eigenvalue weighted by Crippen LogP contribution is 2.32. The Kier molecular flexibility index (Phi) is 3.42. The molecular weight excluding hydrogens is 209 g/mol. The molecule has 72 valence electrons. The monoisotopic (exact) mass is 219 g/mol. The molecule has 13 heavy (non-hydrogen) atoms. The van der Waals surface area contributed by atoms with Crippen LogP contribution in [0, 0.1) is 6.92 Å². The number of alkyl halides is 1. The van der Waals surface area contributed by atoms with Crippen molar-refractivity contribution in [3.05, 3.63) is 28.3 Å². The second-order valence-electron chi connectivity index (χ2n) is 2.75. The van der Waals surface area contributed by atoms with E-state index in [1.54, 1.807) is 13.2 Å². The lowest BCUT2D eigenvalue weighted by Gasteiger charge is -2.13. The molecule has 0 aliphatic heterocycles. The summed E-state index contributed by atoms with van der Waals surface area (Å²) in [4.78, 5) is 0. The highest BCUT2D eigenvalue weighted by atomic mass is 35.5. The van der Waals surface area contributed by atoms with E-state index in [-0.39, 0.29) is 0 Å². The first kappa shape index (κ1) is 10.6. The molecule has 0 saturated heterocycles. The first-order valence-electron chi connectivity index (χ1n) is 3.80. The molecule has 1 aromatic rings. The Morgan fingerprint density at radius 1 is 1.46 bits per heavy atom. The van der Waals surface area contributed by atoms with Gasteiger partial charge in [0.25, 0.3) is 0 Å². The standard InChI is InChI=1S/C9H11Cl2NO/c1-5-3-6(10)4-7(9(11)12)8(5)13-2/h3-4,9H,12H2,1-2H3. The van der Waals surface area contributed by atoms with Gasteiger partial charge in [-0.05, 0) is 24.6 Å². The SMILES string of the molecule is COc1c(C)cc(Cl)cc1C(N)Cl. The van der Waals surface area contributed by atoms with Crippen molar-refractivity contribution < 1.29 is 4.74 Å². The first-order chi connectivity index (χ1) is 6.06. The van der Waals surface area contributed by atoms with Crippen LogP contribution < -0.4 is 10.5 Å². The molecule has 0 spiro atoms. The van der Waals surface area contributed by atoms with Crippen LogP contribution in [0.5, 0.6) is 5.75 Å². The number of benzene rings is 1. The van der Waals surface area contributed by atoms with Crippen molar-refractivity contribution in [2.45, 2.75) is 12.4 Å². The Hall–Kier alpha value is -0.440. The molecule has 0 bridgehead atoms. The average molecular weight is 220 g/mol. The summed E-state index contributed by atoms with van der Waals surface area (Å²) in [5.41, 5.74) is 6.61. The highest BCUT2D eigenvalue weighted by Gasteiger charge is 2.12. The number of ether oxygens (including phenoxy) is 1. The zero-order chi connectivity index (χ0) is 10.0. The number of aryl methyl sites for hydroxylation is 1. The molecule has 0 fully saturated rings. The third kappa shape index (κ3) is 2.27. The molecule has 0 aromatic heterocycles. The largest absolute Gasteiger partial charge is 0.496 e. The normalized spacial score (nSPS) is 12.7. The van der Waals surface area contributed by atoms with Crippen molar-refractivity contribution in [2.75, 3.05) is 7.11 Å². The molecule has 2 nitrogen and oxygen atoms in total. The first-order valence-corrected chi connectivity index (χ1v) is 4.61. The van der Waals surface area contributed by atoms with Gasteiger partial charge in [0.2, 0.25) is 0 Å². The fraction of sp³-hybridized carbons (Fsp3) is 0.333. The van der Waals surface area contributed by atoms with Crippen molar-refractivity contribution in [2.24, 2.45) is 5.73 Å². The summed E-state index contributed by atoms with van der Waals surface area (Å²) in [7, 11) is 1.58. The van der Waals surface area contributed by atoms with Gasteiger partial charge in [0, 0.05) is 10.6 Å². The van der Waals surface area contributed by atoms with E-state index in [9.17, 15) is 0 Å². The summed E-state index contributed by atoms with van der Waals surface area (Å²) in [6.07, 6.45) is 0. The summed E-state index contributed by atoms with van der Waals surface area (Å²) in [5.74, 6) is 0.701. The molecule has 0 aliphatic rings. The van der Waals surface area contributed by atoms with Crippen LogP contribution in [0.3, 0.4) is 0 Å². The number of methoxy groups -OCH3 is 1. The molecule has 4 heteroatoms. The smallest absolute Gasteiger partial charge is 0.127 e. The van der Waals surface area contributed by atoms with Gasteiger partial charge in [-0.3, -0.25) is 0 Å². The molecule has 2 N–H and O–H groups in total. The Labute approximate surface area is 87.6 Å². The molecule has 0 aliphatic carbocycles. The number of nitrogens with two attached hydrogens (primary N) is 1. The Morgan fingerprint density at radius 3 is 2.54 bits per heavy atom. The Balaban J connectivity index is 3.29. The van der Waals surface area contributed by atoms with E-state index in [1.165, 1.54) is 0 Å². The van der Waals surface area contributed by atoms with Gasteiger partial charge in [-0.2, -0.15) is 0 Å². The van der Waals surface area contributed by atoms with Crippen molar-refractivity contribution in [3.63, 3.8) is 0 Å². The van der Waals surface area contributed by atoms with E-state index in [1.807, 2.05) is 13.0 Å². The van der Waals surface area contributed by atoms with Crippen LogP contribution >= 0.6 is 23.2 Å². The number of rotatable bonds is 2. The third-order valence-corrected chi connectivity index (χ3v) is 2.22. The molecular formula is C9H11Cl2NO. The topological polar surface area (TPSA) is 35.2 Å². The maximum atomic E-state index is 5.85. The van der Waals surface area contributed by atoms with Gasteiger partial charge in [-0.25, -0.2) is 0 Å². The fourth-order valence-electron chi connectivity index (χ4n) is 1.24. The van der Waals surface area contributed by atoms with Crippen LogP contribution in [0.2, 0.25) is 5.02 Å². The second-order valence-corrected chi connectivity index (χ2v) is 3.65. The minimum absolute atomic E-state index is 0.590. The van der Waals surface area contributed by atoms with Gasteiger partial charge < -0.3 is 10.5 Å². The predicted molar refractivity (Wildman–Crippen MR) is 55.5 cm³/mol. The zero-order valence-electron chi connectivity index (χ0n) is 7.47. The number of hydrogen-bond acceptors (Lipinski definition) is 2. The zero-order valence-corrected chi connectivity index (χ0v) is 8.99. The Bertz CT molecular complexity index is 313. The summed E-state index contributed by atoms with van der Waals surface area (Å²) in [5, 5.41) is 0.615. The minimum atomic E-state index is -0.590. The van der Waals surface area contributed by atoms with Crippen LogP contribution in [0.1, 0.15) is 16.6 Å². The average Bonchev–Trinajstić information content (AvgIpc) is 2.02. The molecule has 1 atom stereocenters. The number of hydrogen-bond donors (Lipinski definition) is 1. The summed E-state index contributed by atoms with van der Waals surface area (Å²) in [6.45, 7) is 1.90. The minimum Gasteiger partial charge on any atom is -0.496 e. The van der Waals surface area contributed by atoms with E-state index in [2.05, 4.69) is 0 Å². The van der Waals surface area contributed by atoms with E-state index in [4.69, 9.17) is 33.7 Å². The van der Waals surface area contributed by atoms with Gasteiger partial charge in [0.05, 0.1) is 7.11 Å². The van der Waals surface area contributed by atoms with E-state index in [0.29, 0.717) is 16.3 Å². The maximum Gasteiger partial charge on any atom is 0.127 e. The van der Waals surface area contributed by atoms with Crippen LogP contribution in [0.25, 0.3) is 0 Å². The molecule has 1 unspecified atom stereocenters. The Morgan fingerprint density at radius 2 is 2.08 bits per heavy atom. The van der Waals surface area contributed by atoms with Crippen LogP contribution in [-0.2, 0) is 0 Å². The van der Waals surface area contributed by atoms with Crippen molar-refractivity contribution in [1.82, 2.24) is 0 Å². The lowest BCUT2D eigenvalue weighted by atomic mass is 10.1. The number of halogens is 2. The summed E-state index contributed by atoms with van der Waals surface area (Å²) in [6, 6.07) is 3.52. The lowest BCUT2D eigenvalue weighted by Crippen LogP contribution is -2.05. The summed E-state index contributed by atoms with van der Waals surface area (Å²) >= 11 is 11.6. The maximum absolute atomic E-state index is 5.85. The molecule has 0 heterocycles. The quantitative estimate of drug-likeness (QED) is 0.614. The second kappa shape index (κ2) is 4.18. The van der Waals surface area contributed by atoms with Gasteiger partial charge in [-0.15, -0.1) is 11.6 Å². The van der Waals surface area contributed by atoms with Crippen LogP contribution in [-0.4, -0.2) is 7.11 Å². The molecule has 1 rings (SSSR count). The van der Waals surface area contributed by atoms with Crippen LogP contribution in [0.15, 0.2) is 12.1 Å². The predicted octanol–water partition coefficient (Wildman–Crippen LogP) is 2.85. The van der Waals surface area contributed by atoms with Crippen molar-refractivity contribution in [1.29, 1.82) is 0 Å². The molecule has 0 saturated carbocycles. The van der Waals surface area contributed by atoms with E-state index >= 15 is 0 Å². The summed E-state index contributed by atoms with van der Waals surface area (Å²) < 4.78 is 5.17. The van der Waals surface area contributed by atoms with Gasteiger partial charge in [-0.1, -0.05) is 11.6 Å². The van der Waals surface area contributed by atoms with Crippen LogP contribution in [0.4, 0.5) is 0 Å². The van der Waals surface area contributed by atoms with Gasteiger partial charge >= 0.3 is 0 Å². The van der Waals surface area contributed by atoms with E-state index < -0.39 is 5.50 Å². The third-order valence-electron chi connectivity index (χ3n) is 1.77. The fourth-order valence-corrected chi connectivity index (χ4v) is 1.68. The van der Waals surface area contributed by atoms with Gasteiger partial charge in [0.1, 0.15) is 11.3 Å². The van der Waals surface area contributed by atoms with Gasteiger partial charge in [0.15, 0.2) is 0 Å². The lowest BCUT2D eigenvalue weighted by molar-refractivity contribution is 0.406. The molecule has 0 amide bonds.